The summed E-state index contributed by atoms with van der Waals surface area (Å²) in [6.07, 6.45) is 6.31. The summed E-state index contributed by atoms with van der Waals surface area (Å²) in [6.45, 7) is 0.551. The van der Waals surface area contributed by atoms with Crippen molar-refractivity contribution < 1.29 is 4.42 Å². The summed E-state index contributed by atoms with van der Waals surface area (Å²) in [7, 11) is 0. The Balaban J connectivity index is 1.90. The van der Waals surface area contributed by atoms with E-state index in [4.69, 9.17) is 4.42 Å². The SMILES string of the molecule is c1coc(CNc2ncnc3nccnc23)c1. The first-order valence-corrected chi connectivity index (χ1v) is 5.11. The number of fused-ring (bicyclic) bond motifs is 1. The molecule has 0 bridgehead atoms. The highest BCUT2D eigenvalue weighted by molar-refractivity contribution is 5.81. The average molecular weight is 227 g/mol. The van der Waals surface area contributed by atoms with Crippen molar-refractivity contribution >= 4 is 17.0 Å². The van der Waals surface area contributed by atoms with Crippen LogP contribution in [-0.2, 0) is 6.54 Å². The molecular formula is C11H9N5O. The lowest BCUT2D eigenvalue weighted by atomic mass is 10.4. The summed E-state index contributed by atoms with van der Waals surface area (Å²) >= 11 is 0. The van der Waals surface area contributed by atoms with Crippen molar-refractivity contribution in [3.05, 3.63) is 42.9 Å². The van der Waals surface area contributed by atoms with Crippen LogP contribution in [0.4, 0.5) is 5.82 Å². The fourth-order valence-corrected chi connectivity index (χ4v) is 1.51. The van der Waals surface area contributed by atoms with Crippen molar-refractivity contribution in [3.63, 3.8) is 0 Å². The molecule has 0 saturated carbocycles. The quantitative estimate of drug-likeness (QED) is 0.732. The molecule has 6 heteroatoms. The lowest BCUT2D eigenvalue weighted by Crippen LogP contribution is -2.03. The molecule has 0 radical (unpaired) electrons. The molecule has 3 aromatic heterocycles. The number of hydrogen-bond acceptors (Lipinski definition) is 6. The first kappa shape index (κ1) is 9.71. The average Bonchev–Trinajstić information content (AvgIpc) is 2.89. The van der Waals surface area contributed by atoms with Crippen molar-refractivity contribution in [1.82, 2.24) is 19.9 Å². The minimum atomic E-state index is 0.551. The zero-order valence-electron chi connectivity index (χ0n) is 8.87. The van der Waals surface area contributed by atoms with Crippen LogP contribution in [0.25, 0.3) is 11.2 Å². The molecule has 0 amide bonds. The lowest BCUT2D eigenvalue weighted by molar-refractivity contribution is 0.518. The summed E-state index contributed by atoms with van der Waals surface area (Å²) in [5.74, 6) is 1.49. The van der Waals surface area contributed by atoms with E-state index in [9.17, 15) is 0 Å². The third-order valence-electron chi connectivity index (χ3n) is 2.28. The maximum absolute atomic E-state index is 5.23. The van der Waals surface area contributed by atoms with Crippen LogP contribution in [-0.4, -0.2) is 19.9 Å². The molecule has 3 rings (SSSR count). The number of furan rings is 1. The van der Waals surface area contributed by atoms with Gasteiger partial charge in [-0.1, -0.05) is 0 Å². The lowest BCUT2D eigenvalue weighted by Gasteiger charge is -2.04. The van der Waals surface area contributed by atoms with Crippen LogP contribution in [0.3, 0.4) is 0 Å². The maximum atomic E-state index is 5.23. The van der Waals surface area contributed by atoms with Crippen LogP contribution < -0.4 is 5.32 Å². The van der Waals surface area contributed by atoms with Gasteiger partial charge in [-0.3, -0.25) is 0 Å². The van der Waals surface area contributed by atoms with Crippen LogP contribution in [0.15, 0.2) is 41.5 Å². The van der Waals surface area contributed by atoms with E-state index < -0.39 is 0 Å². The molecule has 0 unspecified atom stereocenters. The Kier molecular flexibility index (Phi) is 2.38. The van der Waals surface area contributed by atoms with Crippen molar-refractivity contribution in [1.29, 1.82) is 0 Å². The predicted molar refractivity (Wildman–Crippen MR) is 61.2 cm³/mol. The van der Waals surface area contributed by atoms with Crippen molar-refractivity contribution in [3.8, 4) is 0 Å². The van der Waals surface area contributed by atoms with Gasteiger partial charge in [-0.2, -0.15) is 0 Å². The minimum absolute atomic E-state index is 0.551. The number of anilines is 1. The fourth-order valence-electron chi connectivity index (χ4n) is 1.51. The number of nitrogens with one attached hydrogen (secondary N) is 1. The van der Waals surface area contributed by atoms with Crippen molar-refractivity contribution in [2.75, 3.05) is 5.32 Å². The second-order valence-corrected chi connectivity index (χ2v) is 3.38. The van der Waals surface area contributed by atoms with E-state index in [0.717, 1.165) is 5.76 Å². The van der Waals surface area contributed by atoms with Crippen molar-refractivity contribution in [2.45, 2.75) is 6.54 Å². The summed E-state index contributed by atoms with van der Waals surface area (Å²) in [5, 5.41) is 3.14. The van der Waals surface area contributed by atoms with Crippen LogP contribution in [0.5, 0.6) is 0 Å². The van der Waals surface area contributed by atoms with Crippen LogP contribution >= 0.6 is 0 Å². The van der Waals surface area contributed by atoms with Gasteiger partial charge in [0.2, 0.25) is 0 Å². The number of rotatable bonds is 3. The maximum Gasteiger partial charge on any atom is 0.183 e. The molecule has 0 aliphatic carbocycles. The molecule has 0 aliphatic heterocycles. The van der Waals surface area contributed by atoms with Gasteiger partial charge < -0.3 is 9.73 Å². The second-order valence-electron chi connectivity index (χ2n) is 3.38. The van der Waals surface area contributed by atoms with E-state index in [1.807, 2.05) is 12.1 Å². The molecule has 0 fully saturated rings. The molecule has 0 aromatic carbocycles. The highest BCUT2D eigenvalue weighted by Gasteiger charge is 2.05. The molecule has 6 nitrogen and oxygen atoms in total. The molecule has 0 saturated heterocycles. The van der Waals surface area contributed by atoms with Gasteiger partial charge >= 0.3 is 0 Å². The molecule has 17 heavy (non-hydrogen) atoms. The number of hydrogen-bond donors (Lipinski definition) is 1. The van der Waals surface area contributed by atoms with Gasteiger partial charge in [0.05, 0.1) is 12.8 Å². The minimum Gasteiger partial charge on any atom is -0.467 e. The molecule has 84 valence electrons. The normalized spacial score (nSPS) is 10.6. The summed E-state index contributed by atoms with van der Waals surface area (Å²) in [6, 6.07) is 3.73. The summed E-state index contributed by atoms with van der Waals surface area (Å²) < 4.78 is 5.23. The van der Waals surface area contributed by atoms with E-state index in [1.54, 1.807) is 18.7 Å². The zero-order valence-corrected chi connectivity index (χ0v) is 8.87. The molecule has 0 aliphatic rings. The highest BCUT2D eigenvalue weighted by Crippen LogP contribution is 2.14. The molecular weight excluding hydrogens is 218 g/mol. The van der Waals surface area contributed by atoms with Gasteiger partial charge in [0.15, 0.2) is 11.5 Å². The Morgan fingerprint density at radius 2 is 2.06 bits per heavy atom. The van der Waals surface area contributed by atoms with Crippen LogP contribution in [0.2, 0.25) is 0 Å². The van der Waals surface area contributed by atoms with Gasteiger partial charge in [-0.25, -0.2) is 19.9 Å². The highest BCUT2D eigenvalue weighted by atomic mass is 16.3. The van der Waals surface area contributed by atoms with Gasteiger partial charge in [0, 0.05) is 12.4 Å². The largest absolute Gasteiger partial charge is 0.467 e. The molecule has 3 aromatic rings. The number of nitrogens with zero attached hydrogens (tertiary/aromatic N) is 4. The fraction of sp³-hybridized carbons (Fsp3) is 0.0909. The van der Waals surface area contributed by atoms with Gasteiger partial charge in [-0.05, 0) is 12.1 Å². The summed E-state index contributed by atoms with van der Waals surface area (Å²) in [4.78, 5) is 16.5. The second kappa shape index (κ2) is 4.17. The van der Waals surface area contributed by atoms with E-state index in [0.29, 0.717) is 23.5 Å². The smallest absolute Gasteiger partial charge is 0.183 e. The van der Waals surface area contributed by atoms with Gasteiger partial charge in [0.1, 0.15) is 17.6 Å². The Morgan fingerprint density at radius 3 is 2.94 bits per heavy atom. The zero-order chi connectivity index (χ0) is 11.5. The number of aromatic nitrogens is 4. The Bertz CT molecular complexity index is 617. The monoisotopic (exact) mass is 227 g/mol. The van der Waals surface area contributed by atoms with E-state index in [-0.39, 0.29) is 0 Å². The van der Waals surface area contributed by atoms with E-state index in [1.165, 1.54) is 6.33 Å². The van der Waals surface area contributed by atoms with Crippen molar-refractivity contribution in [2.24, 2.45) is 0 Å². The topological polar surface area (TPSA) is 76.7 Å². The third kappa shape index (κ3) is 1.92. The molecule has 3 heterocycles. The third-order valence-corrected chi connectivity index (χ3v) is 2.28. The molecule has 0 atom stereocenters. The molecule has 0 spiro atoms. The standard InChI is InChI=1S/C11H9N5O/c1-2-8(17-5-1)6-14-11-9-10(15-7-16-11)13-4-3-12-9/h1-5,7H,6H2,(H,13,14,15,16). The van der Waals surface area contributed by atoms with Gasteiger partial charge in [-0.15, -0.1) is 0 Å². The Hall–Kier alpha value is -2.50. The first-order valence-electron chi connectivity index (χ1n) is 5.11. The Morgan fingerprint density at radius 1 is 1.12 bits per heavy atom. The molecule has 1 N–H and O–H groups in total. The van der Waals surface area contributed by atoms with E-state index >= 15 is 0 Å². The van der Waals surface area contributed by atoms with E-state index in [2.05, 4.69) is 25.3 Å². The predicted octanol–water partition coefficient (Wildman–Crippen LogP) is 1.62. The first-order chi connectivity index (χ1) is 8.43. The van der Waals surface area contributed by atoms with Crippen LogP contribution in [0, 0.1) is 0 Å². The van der Waals surface area contributed by atoms with Crippen LogP contribution in [0.1, 0.15) is 5.76 Å². The van der Waals surface area contributed by atoms with Gasteiger partial charge in [0.25, 0.3) is 0 Å². The summed E-state index contributed by atoms with van der Waals surface area (Å²) in [5.41, 5.74) is 1.23. The Labute approximate surface area is 96.8 Å².